The Morgan fingerprint density at radius 2 is 1.57 bits per heavy atom. The monoisotopic (exact) mass is 314 g/mol. The van der Waals surface area contributed by atoms with Gasteiger partial charge in [-0.2, -0.15) is 14.7 Å². The summed E-state index contributed by atoms with van der Waals surface area (Å²) in [5, 5.41) is 0. The minimum Gasteiger partial charge on any atom is -0.311 e. The number of ether oxygens (including phenoxy) is 1. The third kappa shape index (κ3) is 3.02. The fourth-order valence-electron chi connectivity index (χ4n) is 2.88. The smallest absolute Gasteiger partial charge is 0.249 e. The molecule has 0 amide bonds. The average Bonchev–Trinajstić information content (AvgIpc) is 2.62. The number of rotatable bonds is 2. The van der Waals surface area contributed by atoms with E-state index in [0.717, 1.165) is 24.0 Å². The molecule has 0 radical (unpaired) electrons. The van der Waals surface area contributed by atoms with Crippen molar-refractivity contribution in [1.29, 1.82) is 0 Å². The Kier molecular flexibility index (Phi) is 4.11. The fraction of sp³-hybridized carbons (Fsp3) is 0.333. The van der Waals surface area contributed by atoms with Gasteiger partial charge in [0.2, 0.25) is 12.1 Å². The molecular formula is C18H18O5. The minimum absolute atomic E-state index is 0.487. The zero-order chi connectivity index (χ0) is 15.5. The SMILES string of the molecule is c1ccc(C2OOC3CCCC(c4ccccc4)(OO2)O3)cc1. The largest absolute Gasteiger partial charge is 0.311 e. The Morgan fingerprint density at radius 3 is 2.35 bits per heavy atom. The molecule has 3 unspecified atom stereocenters. The maximum atomic E-state index is 5.99. The summed E-state index contributed by atoms with van der Waals surface area (Å²) >= 11 is 0. The molecule has 120 valence electrons. The maximum absolute atomic E-state index is 5.99. The first-order chi connectivity index (χ1) is 11.4. The molecule has 2 aliphatic rings. The zero-order valence-electron chi connectivity index (χ0n) is 12.6. The molecule has 0 aromatic heterocycles. The highest BCUT2D eigenvalue weighted by Gasteiger charge is 2.45. The zero-order valence-corrected chi connectivity index (χ0v) is 12.6. The molecule has 3 atom stereocenters. The van der Waals surface area contributed by atoms with Crippen LogP contribution >= 0.6 is 0 Å². The molecular weight excluding hydrogens is 296 g/mol. The highest BCUT2D eigenvalue weighted by atomic mass is 17.3. The van der Waals surface area contributed by atoms with Gasteiger partial charge in [0.25, 0.3) is 0 Å². The molecule has 2 fully saturated rings. The lowest BCUT2D eigenvalue weighted by Gasteiger charge is -2.41. The lowest BCUT2D eigenvalue weighted by atomic mass is 9.97. The van der Waals surface area contributed by atoms with Gasteiger partial charge in [0.15, 0.2) is 6.29 Å². The Bertz CT molecular complexity index is 632. The first-order valence-corrected chi connectivity index (χ1v) is 7.81. The van der Waals surface area contributed by atoms with Crippen LogP contribution < -0.4 is 0 Å². The van der Waals surface area contributed by atoms with Gasteiger partial charge in [0.1, 0.15) is 0 Å². The van der Waals surface area contributed by atoms with Crippen molar-refractivity contribution in [2.45, 2.75) is 37.6 Å². The van der Waals surface area contributed by atoms with E-state index >= 15 is 0 Å². The van der Waals surface area contributed by atoms with Gasteiger partial charge in [-0.05, 0) is 6.42 Å². The van der Waals surface area contributed by atoms with E-state index in [2.05, 4.69) is 0 Å². The van der Waals surface area contributed by atoms with E-state index < -0.39 is 18.4 Å². The molecule has 2 heterocycles. The molecule has 2 saturated heterocycles. The summed E-state index contributed by atoms with van der Waals surface area (Å²) in [6.45, 7) is 0. The second kappa shape index (κ2) is 6.39. The van der Waals surface area contributed by atoms with Gasteiger partial charge in [-0.15, -0.1) is 0 Å². The van der Waals surface area contributed by atoms with E-state index in [1.54, 1.807) is 0 Å². The van der Waals surface area contributed by atoms with Gasteiger partial charge >= 0.3 is 0 Å². The van der Waals surface area contributed by atoms with Crippen LogP contribution in [0.15, 0.2) is 60.7 Å². The van der Waals surface area contributed by atoms with Crippen molar-refractivity contribution in [3.8, 4) is 0 Å². The predicted molar refractivity (Wildman–Crippen MR) is 80.4 cm³/mol. The van der Waals surface area contributed by atoms with Crippen molar-refractivity contribution in [3.63, 3.8) is 0 Å². The number of hydrogen-bond acceptors (Lipinski definition) is 5. The van der Waals surface area contributed by atoms with E-state index in [1.165, 1.54) is 0 Å². The lowest BCUT2D eigenvalue weighted by Crippen LogP contribution is -2.44. The van der Waals surface area contributed by atoms with E-state index in [-0.39, 0.29) is 0 Å². The molecule has 0 spiro atoms. The molecule has 2 bridgehead atoms. The topological polar surface area (TPSA) is 46.2 Å². The number of benzene rings is 2. The molecule has 0 aliphatic carbocycles. The van der Waals surface area contributed by atoms with Crippen LogP contribution in [-0.4, -0.2) is 6.29 Å². The first kappa shape index (κ1) is 14.8. The number of hydrogen-bond donors (Lipinski definition) is 0. The van der Waals surface area contributed by atoms with E-state index in [9.17, 15) is 0 Å². The summed E-state index contributed by atoms with van der Waals surface area (Å²) < 4.78 is 5.99. The molecule has 2 aliphatic heterocycles. The Labute approximate surface area is 134 Å². The number of fused-ring (bicyclic) bond motifs is 2. The van der Waals surface area contributed by atoms with Crippen LogP contribution in [0, 0.1) is 0 Å². The van der Waals surface area contributed by atoms with Crippen LogP contribution in [-0.2, 0) is 30.1 Å². The van der Waals surface area contributed by atoms with Gasteiger partial charge in [-0.25, -0.2) is 4.89 Å². The maximum Gasteiger partial charge on any atom is 0.249 e. The van der Waals surface area contributed by atoms with Gasteiger partial charge in [-0.1, -0.05) is 60.7 Å². The second-order valence-corrected chi connectivity index (χ2v) is 5.67. The van der Waals surface area contributed by atoms with Crippen molar-refractivity contribution < 1.29 is 24.3 Å². The van der Waals surface area contributed by atoms with Crippen molar-refractivity contribution in [1.82, 2.24) is 0 Å². The third-order valence-corrected chi connectivity index (χ3v) is 4.07. The highest BCUT2D eigenvalue weighted by Crippen LogP contribution is 2.42. The van der Waals surface area contributed by atoms with Crippen LogP contribution in [0.3, 0.4) is 0 Å². The fourth-order valence-corrected chi connectivity index (χ4v) is 2.88. The summed E-state index contributed by atoms with van der Waals surface area (Å²) in [4.78, 5) is 22.1. The summed E-state index contributed by atoms with van der Waals surface area (Å²) in [5.41, 5.74) is 1.72. The van der Waals surface area contributed by atoms with Crippen molar-refractivity contribution >= 4 is 0 Å². The van der Waals surface area contributed by atoms with Gasteiger partial charge in [-0.3, -0.25) is 0 Å². The summed E-state index contributed by atoms with van der Waals surface area (Å²) in [6.07, 6.45) is 1.09. The first-order valence-electron chi connectivity index (χ1n) is 7.81. The second-order valence-electron chi connectivity index (χ2n) is 5.67. The van der Waals surface area contributed by atoms with E-state index in [1.807, 2.05) is 60.7 Å². The molecule has 2 aromatic rings. The Hall–Kier alpha value is -1.76. The lowest BCUT2D eigenvalue weighted by molar-refractivity contribution is -0.593. The van der Waals surface area contributed by atoms with Crippen LogP contribution in [0.4, 0.5) is 0 Å². The Balaban J connectivity index is 1.63. The Morgan fingerprint density at radius 1 is 0.826 bits per heavy atom. The van der Waals surface area contributed by atoms with Crippen LogP contribution in [0.25, 0.3) is 0 Å². The molecule has 2 aromatic carbocycles. The summed E-state index contributed by atoms with van der Waals surface area (Å²) in [5.74, 6) is -0.971. The molecule has 0 N–H and O–H groups in total. The van der Waals surface area contributed by atoms with Gasteiger partial charge in [0.05, 0.1) is 0 Å². The highest BCUT2D eigenvalue weighted by molar-refractivity contribution is 5.21. The summed E-state index contributed by atoms with van der Waals surface area (Å²) in [7, 11) is 0. The van der Waals surface area contributed by atoms with E-state index in [0.29, 0.717) is 6.42 Å². The molecule has 23 heavy (non-hydrogen) atoms. The standard InChI is InChI=1S/C18H18O5/c1-3-8-14(9-4-1)17-21-20-16-12-7-13-18(19-16,23-22-17)15-10-5-2-6-11-15/h1-6,8-11,16-17H,7,12-13H2. The van der Waals surface area contributed by atoms with Crippen LogP contribution in [0.1, 0.15) is 36.7 Å². The van der Waals surface area contributed by atoms with Crippen LogP contribution in [0.5, 0.6) is 0 Å². The van der Waals surface area contributed by atoms with Crippen molar-refractivity contribution in [2.75, 3.05) is 0 Å². The molecule has 5 heteroatoms. The van der Waals surface area contributed by atoms with Crippen LogP contribution in [0.2, 0.25) is 0 Å². The van der Waals surface area contributed by atoms with Crippen molar-refractivity contribution in [3.05, 3.63) is 71.8 Å². The predicted octanol–water partition coefficient (Wildman–Crippen LogP) is 3.97. The van der Waals surface area contributed by atoms with Gasteiger partial charge < -0.3 is 4.74 Å². The van der Waals surface area contributed by atoms with E-state index in [4.69, 9.17) is 24.3 Å². The average molecular weight is 314 g/mol. The third-order valence-electron chi connectivity index (χ3n) is 4.07. The molecule has 4 rings (SSSR count). The van der Waals surface area contributed by atoms with Gasteiger partial charge in [0, 0.05) is 24.0 Å². The molecule has 0 saturated carbocycles. The van der Waals surface area contributed by atoms with Crippen molar-refractivity contribution in [2.24, 2.45) is 0 Å². The summed E-state index contributed by atoms with van der Waals surface area (Å²) in [6, 6.07) is 19.3. The quantitative estimate of drug-likeness (QED) is 0.785. The minimum atomic E-state index is -0.971. The molecule has 5 nitrogen and oxygen atoms in total. The normalized spacial score (nSPS) is 31.1.